The molecule has 1 aromatic rings. The number of hydrogen-bond acceptors (Lipinski definition) is 9. The second-order valence-electron chi connectivity index (χ2n) is 16.9. The van der Waals surface area contributed by atoms with Crippen molar-refractivity contribution in [2.24, 2.45) is 5.92 Å². The van der Waals surface area contributed by atoms with E-state index in [-0.39, 0.29) is 24.5 Å². The highest BCUT2D eigenvalue weighted by Crippen LogP contribution is 2.37. The fourth-order valence-electron chi connectivity index (χ4n) is 6.58. The van der Waals surface area contributed by atoms with Crippen molar-refractivity contribution < 1.29 is 48.0 Å². The molecule has 0 aliphatic carbocycles. The van der Waals surface area contributed by atoms with Crippen molar-refractivity contribution in [2.45, 2.75) is 173 Å². The van der Waals surface area contributed by atoms with Gasteiger partial charge >= 0.3 is 11.9 Å². The maximum absolute atomic E-state index is 14.1. The fraction of sp³-hybridized carbons (Fsp3) is 0.750. The Labute approximate surface area is 338 Å². The largest absolute Gasteiger partial charge is 0.494 e. The van der Waals surface area contributed by atoms with Crippen LogP contribution in [0.1, 0.15) is 136 Å². The molecule has 3 N–H and O–H groups in total. The number of rotatable bonds is 29. The molecule has 3 atom stereocenters. The number of nitrogens with one attached hydrogen (secondary N) is 1. The van der Waals surface area contributed by atoms with Crippen LogP contribution in [-0.4, -0.2) is 87.3 Å². The highest BCUT2D eigenvalue weighted by atomic mass is 28.4. The normalized spacial score (nSPS) is 16.7. The zero-order valence-corrected chi connectivity index (χ0v) is 36.9. The third-order valence-corrected chi connectivity index (χ3v) is 15.9. The second-order valence-corrected chi connectivity index (χ2v) is 21.7. The van der Waals surface area contributed by atoms with E-state index in [1.807, 2.05) is 37.4 Å². The summed E-state index contributed by atoms with van der Waals surface area (Å²) in [5.41, 5.74) is -1.75. The van der Waals surface area contributed by atoms with Crippen molar-refractivity contribution in [1.82, 2.24) is 5.32 Å². The maximum atomic E-state index is 14.1. The average molecular weight is 806 g/mol. The molecule has 12 heteroatoms. The first kappa shape index (κ1) is 49.4. The Balaban J connectivity index is 2.16. The lowest BCUT2D eigenvalue weighted by Crippen LogP contribution is -2.55. The first-order chi connectivity index (χ1) is 26.5. The van der Waals surface area contributed by atoms with E-state index in [0.29, 0.717) is 32.0 Å². The summed E-state index contributed by atoms with van der Waals surface area (Å²) in [4.78, 5) is 39.9. The molecule has 1 aromatic carbocycles. The highest BCUT2D eigenvalue weighted by molar-refractivity contribution is 6.74. The van der Waals surface area contributed by atoms with E-state index in [1.165, 1.54) is 38.9 Å². The van der Waals surface area contributed by atoms with Gasteiger partial charge in [0.25, 0.3) is 0 Å². The smallest absolute Gasteiger partial charge is 0.336 e. The summed E-state index contributed by atoms with van der Waals surface area (Å²) in [7, 11) is -1.05. The molecule has 1 heterocycles. The van der Waals surface area contributed by atoms with Crippen molar-refractivity contribution in [1.29, 1.82) is 0 Å². The van der Waals surface area contributed by atoms with Crippen LogP contribution in [-0.2, 0) is 39.4 Å². The molecule has 1 amide bonds. The molecule has 1 fully saturated rings. The summed E-state index contributed by atoms with van der Waals surface area (Å²) >= 11 is 0. The molecule has 0 saturated carbocycles. The second kappa shape index (κ2) is 24.9. The van der Waals surface area contributed by atoms with Gasteiger partial charge < -0.3 is 38.9 Å². The zero-order valence-electron chi connectivity index (χ0n) is 35.9. The van der Waals surface area contributed by atoms with Gasteiger partial charge in [-0.05, 0) is 67.9 Å². The summed E-state index contributed by atoms with van der Waals surface area (Å²) in [6.07, 6.45) is 17.1. The van der Waals surface area contributed by atoms with E-state index in [2.05, 4.69) is 39.9 Å². The Morgan fingerprint density at radius 2 is 1.48 bits per heavy atom. The molecular weight excluding hydrogens is 731 g/mol. The number of aliphatic carboxylic acids is 1. The van der Waals surface area contributed by atoms with Crippen LogP contribution in [0.2, 0.25) is 18.1 Å². The number of benzene rings is 1. The Morgan fingerprint density at radius 3 is 2.04 bits per heavy atom. The van der Waals surface area contributed by atoms with Crippen LogP contribution in [0.5, 0.6) is 5.75 Å². The fourth-order valence-corrected chi connectivity index (χ4v) is 7.62. The van der Waals surface area contributed by atoms with Gasteiger partial charge in [0.15, 0.2) is 19.7 Å². The van der Waals surface area contributed by atoms with Crippen molar-refractivity contribution in [3.63, 3.8) is 0 Å². The number of ether oxygens (including phenoxy) is 4. The number of carbonyl (C=O) groups is 3. The molecule has 0 spiro atoms. The van der Waals surface area contributed by atoms with Crippen LogP contribution in [0, 0.1) is 5.92 Å². The van der Waals surface area contributed by atoms with Crippen LogP contribution in [0.4, 0.5) is 0 Å². The van der Waals surface area contributed by atoms with E-state index < -0.39 is 49.5 Å². The number of carbonyl (C=O) groups excluding carboxylic acids is 2. The summed E-state index contributed by atoms with van der Waals surface area (Å²) in [5.74, 6) is -4.27. The van der Waals surface area contributed by atoms with Gasteiger partial charge in [-0.25, -0.2) is 9.59 Å². The molecular formula is C44H75NO10Si. The predicted molar refractivity (Wildman–Crippen MR) is 223 cm³/mol. The minimum absolute atomic E-state index is 0.0440. The summed E-state index contributed by atoms with van der Waals surface area (Å²) in [5, 5.41) is 24.8. The Hall–Kier alpha value is -2.77. The number of aliphatic hydroxyl groups is 1. The maximum Gasteiger partial charge on any atom is 0.336 e. The van der Waals surface area contributed by atoms with E-state index in [0.717, 1.165) is 63.4 Å². The molecule has 1 saturated heterocycles. The molecule has 0 bridgehead atoms. The number of methoxy groups -OCH3 is 1. The predicted octanol–water partition coefficient (Wildman–Crippen LogP) is 8.91. The van der Waals surface area contributed by atoms with Crippen LogP contribution in [0.25, 0.3) is 0 Å². The minimum atomic E-state index is -2.49. The van der Waals surface area contributed by atoms with E-state index >= 15 is 0 Å². The molecule has 2 unspecified atom stereocenters. The van der Waals surface area contributed by atoms with Gasteiger partial charge in [-0.15, -0.1) is 0 Å². The highest BCUT2D eigenvalue weighted by Gasteiger charge is 2.48. The van der Waals surface area contributed by atoms with Crippen molar-refractivity contribution >= 4 is 26.2 Å². The van der Waals surface area contributed by atoms with Gasteiger partial charge in [0.05, 0.1) is 32.8 Å². The number of esters is 1. The minimum Gasteiger partial charge on any atom is -0.494 e. The molecule has 1 aliphatic rings. The Bertz CT molecular complexity index is 1320. The van der Waals surface area contributed by atoms with E-state index in [1.54, 1.807) is 6.08 Å². The number of carboxylic acids is 1. The standard InChI is InChI=1S/C44H75NO10Si/c1-9-11-13-17-20-27-43(53-32-33-54-43)28-21-18-15-14-16-19-22-37(44(50,41(48)49)29-31-55-56(7,8)42(3,4)5)39(46)45-38(40(47)51-6)34-35-23-25-36(26-24-35)52-30-12-10-2/h19,22-26,37-38,50H,9-18,20-21,27-34H2,1-8H3,(H,45,46)(H,48,49)/b22-19+/t37?,38-,44?/m0/s1. The molecule has 56 heavy (non-hydrogen) atoms. The zero-order chi connectivity index (χ0) is 41.7. The molecule has 320 valence electrons. The van der Waals surface area contributed by atoms with Crippen molar-refractivity contribution in [2.75, 3.05) is 33.5 Å². The van der Waals surface area contributed by atoms with Gasteiger partial charge in [-0.2, -0.15) is 0 Å². The van der Waals surface area contributed by atoms with Crippen LogP contribution >= 0.6 is 0 Å². The quantitative estimate of drug-likeness (QED) is 0.0310. The molecule has 11 nitrogen and oxygen atoms in total. The van der Waals surface area contributed by atoms with Gasteiger partial charge in [0, 0.05) is 32.3 Å². The van der Waals surface area contributed by atoms with Gasteiger partial charge in [-0.1, -0.05) is 104 Å². The summed E-state index contributed by atoms with van der Waals surface area (Å²) in [6.45, 7) is 16.5. The number of carboxylic acid groups (broad SMARTS) is 1. The van der Waals surface area contributed by atoms with E-state index in [4.69, 9.17) is 23.4 Å². The molecule has 1 aliphatic heterocycles. The number of amides is 1. The molecule has 0 aromatic heterocycles. The van der Waals surface area contributed by atoms with Crippen LogP contribution in [0.15, 0.2) is 36.4 Å². The van der Waals surface area contributed by atoms with Crippen LogP contribution in [0.3, 0.4) is 0 Å². The lowest BCUT2D eigenvalue weighted by molar-refractivity contribution is -0.168. The SMILES string of the molecule is CCCCCCCC1(CCCCCC/C=C/C(C(=O)N[C@@H](Cc2ccc(OCCCC)cc2)C(=O)OC)C(O)(CCO[Si](C)(C)C(C)(C)C)C(=O)O)OCCO1. The van der Waals surface area contributed by atoms with Crippen LogP contribution < -0.4 is 10.1 Å². The Kier molecular flexibility index (Phi) is 21.9. The third kappa shape index (κ3) is 16.6. The summed E-state index contributed by atoms with van der Waals surface area (Å²) in [6, 6.07) is 6.12. The van der Waals surface area contributed by atoms with E-state index in [9.17, 15) is 24.6 Å². The van der Waals surface area contributed by atoms with Crippen molar-refractivity contribution in [3.8, 4) is 5.75 Å². The topological polar surface area (TPSA) is 150 Å². The van der Waals surface area contributed by atoms with Crippen molar-refractivity contribution in [3.05, 3.63) is 42.0 Å². The number of allylic oxidation sites excluding steroid dienone is 1. The monoisotopic (exact) mass is 806 g/mol. The molecule has 2 rings (SSSR count). The average Bonchev–Trinajstić information content (AvgIpc) is 3.62. The lowest BCUT2D eigenvalue weighted by Gasteiger charge is -2.37. The number of hydrogen-bond donors (Lipinski definition) is 3. The van der Waals surface area contributed by atoms with Gasteiger partial charge in [0.1, 0.15) is 11.8 Å². The lowest BCUT2D eigenvalue weighted by atomic mass is 9.83. The van der Waals surface area contributed by atoms with Gasteiger partial charge in [0.2, 0.25) is 5.91 Å². The molecule has 0 radical (unpaired) electrons. The van der Waals surface area contributed by atoms with Gasteiger partial charge in [-0.3, -0.25) is 4.79 Å². The summed E-state index contributed by atoms with van der Waals surface area (Å²) < 4.78 is 29.2. The number of unbranched alkanes of at least 4 members (excludes halogenated alkanes) is 9. The Morgan fingerprint density at radius 1 is 0.893 bits per heavy atom. The first-order valence-corrected chi connectivity index (χ1v) is 24.1. The third-order valence-electron chi connectivity index (χ3n) is 11.3. The first-order valence-electron chi connectivity index (χ1n) is 21.2.